The summed E-state index contributed by atoms with van der Waals surface area (Å²) >= 11 is 0. The number of nitro groups is 1. The maximum absolute atomic E-state index is 12.1. The van der Waals surface area contributed by atoms with Crippen LogP contribution in [0.25, 0.3) is 6.08 Å². The van der Waals surface area contributed by atoms with E-state index in [4.69, 9.17) is 14.2 Å². The lowest BCUT2D eigenvalue weighted by atomic mass is 10.1. The van der Waals surface area contributed by atoms with Crippen LogP contribution in [0, 0.1) is 10.1 Å². The third kappa shape index (κ3) is 3.39. The van der Waals surface area contributed by atoms with E-state index in [0.29, 0.717) is 22.6 Å². The lowest BCUT2D eigenvalue weighted by Gasteiger charge is -2.07. The molecule has 1 aliphatic rings. The second-order valence-electron chi connectivity index (χ2n) is 5.26. The first-order chi connectivity index (χ1) is 12.5. The van der Waals surface area contributed by atoms with E-state index < -0.39 is 10.9 Å². The zero-order valence-corrected chi connectivity index (χ0v) is 14.0. The lowest BCUT2D eigenvalue weighted by molar-refractivity contribution is -0.384. The van der Waals surface area contributed by atoms with Crippen molar-refractivity contribution in [2.75, 3.05) is 14.2 Å². The van der Waals surface area contributed by atoms with Gasteiger partial charge in [-0.2, -0.15) is 0 Å². The SMILES string of the molecule is COc1ccc(/C=C2\N=C(c3cccc([N+](=O)[O-])c3)OC2=O)cc1OC. The fourth-order valence-corrected chi connectivity index (χ4v) is 2.39. The first kappa shape index (κ1) is 17.2. The molecule has 1 aliphatic heterocycles. The Bertz CT molecular complexity index is 948. The van der Waals surface area contributed by atoms with Crippen molar-refractivity contribution in [1.29, 1.82) is 0 Å². The summed E-state index contributed by atoms with van der Waals surface area (Å²) in [5.41, 5.74) is 0.985. The predicted octanol–water partition coefficient (Wildman–Crippen LogP) is 2.96. The number of cyclic esters (lactones) is 1. The van der Waals surface area contributed by atoms with Gasteiger partial charge in [-0.1, -0.05) is 12.1 Å². The van der Waals surface area contributed by atoms with Gasteiger partial charge in [0, 0.05) is 17.7 Å². The van der Waals surface area contributed by atoms with Crippen LogP contribution in [0.15, 0.2) is 53.2 Å². The molecule has 26 heavy (non-hydrogen) atoms. The molecular weight excluding hydrogens is 340 g/mol. The first-order valence-corrected chi connectivity index (χ1v) is 7.51. The average Bonchev–Trinajstić information content (AvgIpc) is 3.02. The largest absolute Gasteiger partial charge is 0.493 e. The summed E-state index contributed by atoms with van der Waals surface area (Å²) in [4.78, 5) is 26.6. The van der Waals surface area contributed by atoms with Crippen LogP contribution in [0.4, 0.5) is 5.69 Å². The Kier molecular flexibility index (Phi) is 4.66. The molecule has 2 aromatic rings. The van der Waals surface area contributed by atoms with Gasteiger partial charge in [0.05, 0.1) is 19.1 Å². The Balaban J connectivity index is 1.94. The van der Waals surface area contributed by atoms with Crippen LogP contribution >= 0.6 is 0 Å². The summed E-state index contributed by atoms with van der Waals surface area (Å²) in [7, 11) is 3.04. The maximum Gasteiger partial charge on any atom is 0.363 e. The van der Waals surface area contributed by atoms with Gasteiger partial charge in [0.15, 0.2) is 17.2 Å². The molecule has 8 heteroatoms. The molecule has 0 aromatic heterocycles. The topological polar surface area (TPSA) is 100 Å². The molecule has 8 nitrogen and oxygen atoms in total. The molecule has 132 valence electrons. The molecular formula is C18H14N2O6. The van der Waals surface area contributed by atoms with Crippen LogP contribution in [-0.2, 0) is 9.53 Å². The molecule has 0 saturated heterocycles. The van der Waals surface area contributed by atoms with Gasteiger partial charge < -0.3 is 14.2 Å². The Morgan fingerprint density at radius 1 is 1.12 bits per heavy atom. The van der Waals surface area contributed by atoms with Crippen molar-refractivity contribution in [3.05, 3.63) is 69.4 Å². The van der Waals surface area contributed by atoms with Gasteiger partial charge >= 0.3 is 5.97 Å². The van der Waals surface area contributed by atoms with Crippen molar-refractivity contribution in [2.45, 2.75) is 0 Å². The highest BCUT2D eigenvalue weighted by atomic mass is 16.6. The van der Waals surface area contributed by atoms with Gasteiger partial charge in [-0.05, 0) is 29.8 Å². The third-order valence-electron chi connectivity index (χ3n) is 3.64. The van der Waals surface area contributed by atoms with Crippen molar-refractivity contribution >= 4 is 23.6 Å². The molecule has 0 unspecified atom stereocenters. The van der Waals surface area contributed by atoms with Gasteiger partial charge in [0.2, 0.25) is 5.90 Å². The zero-order valence-electron chi connectivity index (χ0n) is 14.0. The fourth-order valence-electron chi connectivity index (χ4n) is 2.39. The third-order valence-corrected chi connectivity index (χ3v) is 3.64. The molecule has 0 N–H and O–H groups in total. The van der Waals surface area contributed by atoms with E-state index in [1.165, 1.54) is 38.5 Å². The Labute approximate surface area is 148 Å². The Morgan fingerprint density at radius 3 is 2.58 bits per heavy atom. The van der Waals surface area contributed by atoms with E-state index in [9.17, 15) is 14.9 Å². The highest BCUT2D eigenvalue weighted by Crippen LogP contribution is 2.29. The second-order valence-corrected chi connectivity index (χ2v) is 5.26. The van der Waals surface area contributed by atoms with Crippen LogP contribution in [-0.4, -0.2) is 31.0 Å². The van der Waals surface area contributed by atoms with Gasteiger partial charge in [-0.15, -0.1) is 0 Å². The van der Waals surface area contributed by atoms with E-state index in [-0.39, 0.29) is 17.3 Å². The Morgan fingerprint density at radius 2 is 1.88 bits per heavy atom. The van der Waals surface area contributed by atoms with E-state index in [1.807, 2.05) is 0 Å². The molecule has 0 amide bonds. The molecule has 3 rings (SSSR count). The number of hydrogen-bond acceptors (Lipinski definition) is 7. The van der Waals surface area contributed by atoms with Crippen molar-refractivity contribution in [3.63, 3.8) is 0 Å². The number of carbonyl (C=O) groups is 1. The lowest BCUT2D eigenvalue weighted by Crippen LogP contribution is -2.05. The average molecular weight is 354 g/mol. The van der Waals surface area contributed by atoms with Crippen molar-refractivity contribution in [2.24, 2.45) is 4.99 Å². The van der Waals surface area contributed by atoms with E-state index in [0.717, 1.165) is 0 Å². The molecule has 0 saturated carbocycles. The minimum atomic E-state index is -0.638. The van der Waals surface area contributed by atoms with E-state index in [1.54, 1.807) is 24.3 Å². The number of esters is 1. The number of nitrogens with zero attached hydrogens (tertiary/aromatic N) is 2. The standard InChI is InChI=1S/C18H14N2O6/c1-24-15-7-6-11(9-16(15)25-2)8-14-18(21)26-17(19-14)12-4-3-5-13(10-12)20(22)23/h3-10H,1-2H3/b14-8-. The molecule has 0 radical (unpaired) electrons. The smallest absolute Gasteiger partial charge is 0.363 e. The summed E-state index contributed by atoms with van der Waals surface area (Å²) < 4.78 is 15.5. The number of methoxy groups -OCH3 is 2. The number of benzene rings is 2. The number of nitro benzene ring substituents is 1. The molecule has 2 aromatic carbocycles. The van der Waals surface area contributed by atoms with Gasteiger partial charge in [0.1, 0.15) is 0 Å². The molecule has 0 bridgehead atoms. The number of non-ortho nitro benzene ring substituents is 1. The minimum Gasteiger partial charge on any atom is -0.493 e. The highest BCUT2D eigenvalue weighted by molar-refractivity contribution is 6.13. The molecule has 0 fully saturated rings. The number of rotatable bonds is 5. The van der Waals surface area contributed by atoms with Crippen LogP contribution in [0.1, 0.15) is 11.1 Å². The predicted molar refractivity (Wildman–Crippen MR) is 93.2 cm³/mol. The molecule has 0 aliphatic carbocycles. The summed E-state index contributed by atoms with van der Waals surface area (Å²) in [6, 6.07) is 10.9. The van der Waals surface area contributed by atoms with Gasteiger partial charge in [-0.3, -0.25) is 10.1 Å². The van der Waals surface area contributed by atoms with Crippen LogP contribution < -0.4 is 9.47 Å². The second kappa shape index (κ2) is 7.06. The van der Waals surface area contributed by atoms with Crippen LogP contribution in [0.2, 0.25) is 0 Å². The van der Waals surface area contributed by atoms with Crippen molar-refractivity contribution < 1.29 is 23.9 Å². The highest BCUT2D eigenvalue weighted by Gasteiger charge is 2.25. The maximum atomic E-state index is 12.1. The summed E-state index contributed by atoms with van der Waals surface area (Å²) in [6.07, 6.45) is 1.54. The minimum absolute atomic E-state index is 0.0189. The van der Waals surface area contributed by atoms with Crippen molar-refractivity contribution in [3.8, 4) is 11.5 Å². The fraction of sp³-hybridized carbons (Fsp3) is 0.111. The number of carbonyl (C=O) groups excluding carboxylic acids is 1. The van der Waals surface area contributed by atoms with E-state index in [2.05, 4.69) is 4.99 Å². The number of aliphatic imine (C=N–C) groups is 1. The molecule has 0 spiro atoms. The summed E-state index contributed by atoms with van der Waals surface area (Å²) in [5, 5.41) is 10.9. The summed E-state index contributed by atoms with van der Waals surface area (Å²) in [5.74, 6) is 0.451. The molecule has 1 heterocycles. The normalized spacial score (nSPS) is 14.8. The van der Waals surface area contributed by atoms with Crippen LogP contribution in [0.5, 0.6) is 11.5 Å². The van der Waals surface area contributed by atoms with Crippen LogP contribution in [0.3, 0.4) is 0 Å². The molecule has 0 atom stereocenters. The quantitative estimate of drug-likeness (QED) is 0.354. The van der Waals surface area contributed by atoms with Crippen molar-refractivity contribution in [1.82, 2.24) is 0 Å². The van der Waals surface area contributed by atoms with Gasteiger partial charge in [0.25, 0.3) is 5.69 Å². The first-order valence-electron chi connectivity index (χ1n) is 7.51. The Hall–Kier alpha value is -3.68. The monoisotopic (exact) mass is 354 g/mol. The number of ether oxygens (including phenoxy) is 3. The van der Waals surface area contributed by atoms with E-state index >= 15 is 0 Å². The summed E-state index contributed by atoms with van der Waals surface area (Å²) in [6.45, 7) is 0. The number of hydrogen-bond donors (Lipinski definition) is 0. The van der Waals surface area contributed by atoms with Gasteiger partial charge in [-0.25, -0.2) is 9.79 Å². The zero-order chi connectivity index (χ0) is 18.7.